The minimum atomic E-state index is 0.734. The summed E-state index contributed by atoms with van der Waals surface area (Å²) in [6.07, 6.45) is 7.22. The summed E-state index contributed by atoms with van der Waals surface area (Å²) >= 11 is 3.81. The van der Waals surface area contributed by atoms with Gasteiger partial charge in [-0.25, -0.2) is 0 Å². The van der Waals surface area contributed by atoms with Gasteiger partial charge in [0.05, 0.1) is 0 Å². The standard InChI is InChI=1S/C17H31BrN2/c1-12-6-16-8-14(4-5-15(16)10-19(12)3)9-20-11-17(18)7-13(20)2/h12-17H,4-11H2,1-3H3. The van der Waals surface area contributed by atoms with E-state index in [1.165, 1.54) is 51.7 Å². The third-order valence-corrected chi connectivity index (χ3v) is 6.98. The second-order valence-electron chi connectivity index (χ2n) is 7.86. The van der Waals surface area contributed by atoms with Crippen LogP contribution in [-0.2, 0) is 0 Å². The van der Waals surface area contributed by atoms with E-state index in [0.717, 1.165) is 34.7 Å². The Morgan fingerprint density at radius 1 is 0.950 bits per heavy atom. The summed E-state index contributed by atoms with van der Waals surface area (Å²) in [6, 6.07) is 1.58. The average molecular weight is 343 g/mol. The van der Waals surface area contributed by atoms with Gasteiger partial charge in [0.1, 0.15) is 0 Å². The highest BCUT2D eigenvalue weighted by Crippen LogP contribution is 2.41. The van der Waals surface area contributed by atoms with Gasteiger partial charge in [0.25, 0.3) is 0 Å². The number of likely N-dealkylation sites (tertiary alicyclic amines) is 2. The monoisotopic (exact) mass is 342 g/mol. The van der Waals surface area contributed by atoms with Crippen LogP contribution in [-0.4, -0.2) is 53.4 Å². The molecule has 116 valence electrons. The molecule has 6 unspecified atom stereocenters. The maximum absolute atomic E-state index is 3.81. The van der Waals surface area contributed by atoms with Crippen LogP contribution in [0.4, 0.5) is 0 Å². The van der Waals surface area contributed by atoms with E-state index in [9.17, 15) is 0 Å². The van der Waals surface area contributed by atoms with Crippen molar-refractivity contribution in [2.24, 2.45) is 17.8 Å². The van der Waals surface area contributed by atoms with Gasteiger partial charge in [-0.3, -0.25) is 4.90 Å². The van der Waals surface area contributed by atoms with Crippen molar-refractivity contribution in [2.75, 3.05) is 26.7 Å². The molecule has 3 fully saturated rings. The van der Waals surface area contributed by atoms with E-state index in [2.05, 4.69) is 46.6 Å². The first-order valence-electron chi connectivity index (χ1n) is 8.61. The molecule has 20 heavy (non-hydrogen) atoms. The fraction of sp³-hybridized carbons (Fsp3) is 1.00. The first kappa shape index (κ1) is 15.3. The molecule has 0 amide bonds. The molecule has 2 aliphatic heterocycles. The normalized spacial score (nSPS) is 47.4. The SMILES string of the molecule is CC1CC2CC(CN3CC(Br)CC3C)CCC2CN1C. The number of fused-ring (bicyclic) bond motifs is 1. The van der Waals surface area contributed by atoms with Gasteiger partial charge in [-0.2, -0.15) is 0 Å². The Morgan fingerprint density at radius 3 is 2.45 bits per heavy atom. The molecule has 2 saturated heterocycles. The molecule has 3 heteroatoms. The molecule has 6 atom stereocenters. The Labute approximate surface area is 133 Å². The average Bonchev–Trinajstić information content (AvgIpc) is 2.70. The Morgan fingerprint density at radius 2 is 1.75 bits per heavy atom. The van der Waals surface area contributed by atoms with Gasteiger partial charge in [-0.05, 0) is 70.8 Å². The predicted molar refractivity (Wildman–Crippen MR) is 89.4 cm³/mol. The molecule has 3 rings (SSSR count). The lowest BCUT2D eigenvalue weighted by atomic mass is 9.69. The van der Waals surface area contributed by atoms with E-state index in [4.69, 9.17) is 0 Å². The minimum Gasteiger partial charge on any atom is -0.303 e. The molecule has 0 aromatic rings. The zero-order valence-electron chi connectivity index (χ0n) is 13.4. The first-order chi connectivity index (χ1) is 9.52. The number of rotatable bonds is 2. The van der Waals surface area contributed by atoms with E-state index in [-0.39, 0.29) is 0 Å². The molecule has 2 heterocycles. The van der Waals surface area contributed by atoms with Crippen molar-refractivity contribution in [2.45, 2.75) is 62.9 Å². The third kappa shape index (κ3) is 3.25. The lowest BCUT2D eigenvalue weighted by molar-refractivity contribution is 0.0369. The molecule has 1 aliphatic carbocycles. The van der Waals surface area contributed by atoms with Crippen molar-refractivity contribution in [3.63, 3.8) is 0 Å². The van der Waals surface area contributed by atoms with Crippen LogP contribution < -0.4 is 0 Å². The van der Waals surface area contributed by atoms with Gasteiger partial charge < -0.3 is 4.90 Å². The molecule has 0 aromatic heterocycles. The molecule has 0 radical (unpaired) electrons. The van der Waals surface area contributed by atoms with Crippen molar-refractivity contribution in [3.05, 3.63) is 0 Å². The van der Waals surface area contributed by atoms with E-state index in [1.807, 2.05) is 0 Å². The minimum absolute atomic E-state index is 0.734. The van der Waals surface area contributed by atoms with Crippen molar-refractivity contribution in [3.8, 4) is 0 Å². The van der Waals surface area contributed by atoms with E-state index < -0.39 is 0 Å². The van der Waals surface area contributed by atoms with Gasteiger partial charge in [-0.1, -0.05) is 15.9 Å². The molecular formula is C17H31BrN2. The molecule has 3 aliphatic rings. The Hall–Kier alpha value is 0.400. The third-order valence-electron chi connectivity index (χ3n) is 6.31. The molecule has 0 aromatic carbocycles. The number of alkyl halides is 1. The zero-order valence-corrected chi connectivity index (χ0v) is 15.0. The van der Waals surface area contributed by atoms with Crippen molar-refractivity contribution < 1.29 is 0 Å². The van der Waals surface area contributed by atoms with Gasteiger partial charge >= 0.3 is 0 Å². The van der Waals surface area contributed by atoms with Gasteiger partial charge in [0, 0.05) is 36.5 Å². The topological polar surface area (TPSA) is 6.48 Å². The molecule has 1 saturated carbocycles. The van der Waals surface area contributed by atoms with Crippen molar-refractivity contribution >= 4 is 15.9 Å². The lowest BCUT2D eigenvalue weighted by Gasteiger charge is -2.46. The highest BCUT2D eigenvalue weighted by Gasteiger charge is 2.38. The Balaban J connectivity index is 1.53. The number of hydrogen-bond acceptors (Lipinski definition) is 2. The molecule has 0 N–H and O–H groups in total. The molecule has 0 spiro atoms. The quantitative estimate of drug-likeness (QED) is 0.707. The maximum atomic E-state index is 3.81. The first-order valence-corrected chi connectivity index (χ1v) is 9.52. The van der Waals surface area contributed by atoms with E-state index in [1.54, 1.807) is 0 Å². The van der Waals surface area contributed by atoms with Gasteiger partial charge in [0.15, 0.2) is 0 Å². The van der Waals surface area contributed by atoms with Crippen LogP contribution in [0.3, 0.4) is 0 Å². The number of piperidine rings is 1. The summed E-state index contributed by atoms with van der Waals surface area (Å²) in [7, 11) is 2.31. The summed E-state index contributed by atoms with van der Waals surface area (Å²) in [4.78, 5) is 6.06. The van der Waals surface area contributed by atoms with Gasteiger partial charge in [-0.15, -0.1) is 0 Å². The molecule has 0 bridgehead atoms. The van der Waals surface area contributed by atoms with Gasteiger partial charge in [0.2, 0.25) is 0 Å². The van der Waals surface area contributed by atoms with Crippen LogP contribution in [0.1, 0.15) is 46.0 Å². The van der Waals surface area contributed by atoms with Crippen molar-refractivity contribution in [1.29, 1.82) is 0 Å². The predicted octanol–water partition coefficient (Wildman–Crippen LogP) is 3.60. The number of nitrogens with zero attached hydrogens (tertiary/aromatic N) is 2. The van der Waals surface area contributed by atoms with Crippen LogP contribution in [0, 0.1) is 17.8 Å². The zero-order chi connectivity index (χ0) is 14.3. The van der Waals surface area contributed by atoms with Crippen LogP contribution in [0.2, 0.25) is 0 Å². The Kier molecular flexibility index (Phi) is 4.79. The fourth-order valence-corrected chi connectivity index (χ4v) is 5.81. The largest absolute Gasteiger partial charge is 0.303 e. The highest BCUT2D eigenvalue weighted by molar-refractivity contribution is 9.09. The summed E-state index contributed by atoms with van der Waals surface area (Å²) in [6.45, 7) is 8.80. The van der Waals surface area contributed by atoms with Crippen LogP contribution in [0.25, 0.3) is 0 Å². The van der Waals surface area contributed by atoms with Crippen LogP contribution in [0.5, 0.6) is 0 Å². The second kappa shape index (κ2) is 6.26. The van der Waals surface area contributed by atoms with Crippen molar-refractivity contribution in [1.82, 2.24) is 9.80 Å². The van der Waals surface area contributed by atoms with Crippen LogP contribution >= 0.6 is 15.9 Å². The summed E-state index contributed by atoms with van der Waals surface area (Å²) in [5.74, 6) is 2.97. The van der Waals surface area contributed by atoms with E-state index >= 15 is 0 Å². The molecular weight excluding hydrogens is 312 g/mol. The second-order valence-corrected chi connectivity index (χ2v) is 9.15. The van der Waals surface area contributed by atoms with E-state index in [0.29, 0.717) is 0 Å². The fourth-order valence-electron chi connectivity index (χ4n) is 4.90. The summed E-state index contributed by atoms with van der Waals surface area (Å²) in [5, 5.41) is 0. The maximum Gasteiger partial charge on any atom is 0.0288 e. The summed E-state index contributed by atoms with van der Waals surface area (Å²) < 4.78 is 0. The smallest absolute Gasteiger partial charge is 0.0288 e. The highest BCUT2D eigenvalue weighted by atomic mass is 79.9. The lowest BCUT2D eigenvalue weighted by Crippen LogP contribution is -2.47. The number of halogens is 1. The summed E-state index contributed by atoms with van der Waals surface area (Å²) in [5.41, 5.74) is 0. The Bertz CT molecular complexity index is 335. The molecule has 2 nitrogen and oxygen atoms in total. The number of hydrogen-bond donors (Lipinski definition) is 0. The van der Waals surface area contributed by atoms with Crippen LogP contribution in [0.15, 0.2) is 0 Å².